The zero-order chi connectivity index (χ0) is 19.6. The Morgan fingerprint density at radius 3 is 2.44 bits per heavy atom. The Bertz CT molecular complexity index is 954. The molecule has 0 atom stereocenters. The third-order valence-corrected chi connectivity index (χ3v) is 6.63. The van der Waals surface area contributed by atoms with E-state index in [0.29, 0.717) is 36.8 Å². The molecular weight excluding hydrogens is 388 g/mol. The lowest BCUT2D eigenvalue weighted by Gasteiger charge is -2.35. The van der Waals surface area contributed by atoms with Gasteiger partial charge >= 0.3 is 5.97 Å². The Morgan fingerprint density at radius 2 is 1.81 bits per heavy atom. The van der Waals surface area contributed by atoms with Gasteiger partial charge in [0.1, 0.15) is 0 Å². The molecule has 0 aliphatic carbocycles. The molecule has 2 aromatic rings. The molecule has 1 heterocycles. The van der Waals surface area contributed by atoms with Crippen LogP contribution in [0.15, 0.2) is 47.4 Å². The number of halogens is 1. The maximum absolute atomic E-state index is 13.0. The molecule has 0 bridgehead atoms. The van der Waals surface area contributed by atoms with Crippen LogP contribution in [-0.2, 0) is 21.2 Å². The van der Waals surface area contributed by atoms with E-state index in [-0.39, 0.29) is 11.3 Å². The van der Waals surface area contributed by atoms with Crippen LogP contribution in [0.3, 0.4) is 0 Å². The first-order valence-electron chi connectivity index (χ1n) is 8.59. The van der Waals surface area contributed by atoms with Gasteiger partial charge in [0, 0.05) is 36.9 Å². The molecule has 1 fully saturated rings. The number of carboxylic acids is 1. The second kappa shape index (κ2) is 7.88. The molecule has 6 nitrogen and oxygen atoms in total. The normalized spacial score (nSPS) is 15.7. The monoisotopic (exact) mass is 408 g/mol. The smallest absolute Gasteiger partial charge is 0.307 e. The molecule has 0 amide bonds. The van der Waals surface area contributed by atoms with Crippen LogP contribution in [0, 0.1) is 6.92 Å². The first kappa shape index (κ1) is 19.7. The molecular formula is C19H21ClN2O4S. The topological polar surface area (TPSA) is 77.9 Å². The zero-order valence-corrected chi connectivity index (χ0v) is 16.5. The van der Waals surface area contributed by atoms with Gasteiger partial charge in [-0.3, -0.25) is 4.79 Å². The first-order valence-corrected chi connectivity index (χ1v) is 10.4. The Kier molecular flexibility index (Phi) is 5.74. The molecule has 144 valence electrons. The average molecular weight is 409 g/mol. The van der Waals surface area contributed by atoms with Gasteiger partial charge in [0.25, 0.3) is 0 Å². The summed E-state index contributed by atoms with van der Waals surface area (Å²) in [5.41, 5.74) is 2.18. The Balaban J connectivity index is 1.77. The number of rotatable bonds is 5. The lowest BCUT2D eigenvalue weighted by molar-refractivity contribution is -0.136. The predicted octanol–water partition coefficient (Wildman–Crippen LogP) is 2.79. The van der Waals surface area contributed by atoms with Gasteiger partial charge in [-0.2, -0.15) is 4.31 Å². The highest BCUT2D eigenvalue weighted by Gasteiger charge is 2.29. The van der Waals surface area contributed by atoms with Crippen LogP contribution in [0.25, 0.3) is 0 Å². The fourth-order valence-electron chi connectivity index (χ4n) is 3.26. The van der Waals surface area contributed by atoms with Gasteiger partial charge in [-0.15, -0.1) is 0 Å². The first-order chi connectivity index (χ1) is 12.8. The summed E-state index contributed by atoms with van der Waals surface area (Å²) >= 11 is 6.04. The van der Waals surface area contributed by atoms with Crippen molar-refractivity contribution in [3.8, 4) is 0 Å². The number of hydrogen-bond acceptors (Lipinski definition) is 4. The van der Waals surface area contributed by atoms with Crippen LogP contribution < -0.4 is 4.90 Å². The van der Waals surface area contributed by atoms with Crippen molar-refractivity contribution in [1.29, 1.82) is 0 Å². The average Bonchev–Trinajstić information content (AvgIpc) is 2.61. The van der Waals surface area contributed by atoms with E-state index >= 15 is 0 Å². The maximum atomic E-state index is 13.0. The largest absolute Gasteiger partial charge is 0.481 e. The molecule has 0 spiro atoms. The van der Waals surface area contributed by atoms with Gasteiger partial charge in [0.05, 0.1) is 11.3 Å². The van der Waals surface area contributed by atoms with Crippen LogP contribution in [0.5, 0.6) is 0 Å². The number of anilines is 1. The predicted molar refractivity (Wildman–Crippen MR) is 105 cm³/mol. The fraction of sp³-hybridized carbons (Fsp3) is 0.316. The number of piperazine rings is 1. The highest BCUT2D eigenvalue weighted by Crippen LogP contribution is 2.24. The molecule has 1 N–H and O–H groups in total. The summed E-state index contributed by atoms with van der Waals surface area (Å²) in [5.74, 6) is -0.987. The van der Waals surface area contributed by atoms with E-state index in [1.807, 2.05) is 18.2 Å². The van der Waals surface area contributed by atoms with E-state index in [0.717, 1.165) is 11.3 Å². The van der Waals surface area contributed by atoms with E-state index < -0.39 is 16.0 Å². The quantitative estimate of drug-likeness (QED) is 0.823. The molecule has 3 rings (SSSR count). The summed E-state index contributed by atoms with van der Waals surface area (Å²) in [6.07, 6.45) is -0.202. The third-order valence-electron chi connectivity index (χ3n) is 4.52. The number of carbonyl (C=O) groups is 1. The molecule has 1 aliphatic heterocycles. The van der Waals surface area contributed by atoms with Gasteiger partial charge in [-0.25, -0.2) is 8.42 Å². The number of aliphatic carboxylic acids is 1. The molecule has 0 saturated carbocycles. The molecule has 1 saturated heterocycles. The van der Waals surface area contributed by atoms with Gasteiger partial charge in [0.15, 0.2) is 0 Å². The van der Waals surface area contributed by atoms with Gasteiger partial charge in [0.2, 0.25) is 10.0 Å². The summed E-state index contributed by atoms with van der Waals surface area (Å²) in [7, 11) is -3.67. The number of hydrogen-bond donors (Lipinski definition) is 1. The fourth-order valence-corrected chi connectivity index (χ4v) is 5.02. The maximum Gasteiger partial charge on any atom is 0.307 e. The lowest BCUT2D eigenvalue weighted by Crippen LogP contribution is -2.48. The van der Waals surface area contributed by atoms with E-state index in [1.165, 1.54) is 10.4 Å². The van der Waals surface area contributed by atoms with E-state index in [9.17, 15) is 13.2 Å². The van der Waals surface area contributed by atoms with Crippen LogP contribution in [0.1, 0.15) is 11.1 Å². The van der Waals surface area contributed by atoms with Crippen molar-refractivity contribution < 1.29 is 18.3 Å². The Morgan fingerprint density at radius 1 is 1.11 bits per heavy atom. The minimum Gasteiger partial charge on any atom is -0.481 e. The minimum atomic E-state index is -3.67. The van der Waals surface area contributed by atoms with Crippen molar-refractivity contribution in [3.63, 3.8) is 0 Å². The van der Waals surface area contributed by atoms with Crippen LogP contribution >= 0.6 is 11.6 Å². The molecule has 0 radical (unpaired) electrons. The molecule has 8 heteroatoms. The van der Waals surface area contributed by atoms with Gasteiger partial charge in [-0.1, -0.05) is 23.7 Å². The molecule has 27 heavy (non-hydrogen) atoms. The summed E-state index contributed by atoms with van der Waals surface area (Å²) in [5, 5.41) is 9.63. The number of sulfonamides is 1. The van der Waals surface area contributed by atoms with E-state index in [2.05, 4.69) is 4.90 Å². The van der Waals surface area contributed by atoms with E-state index in [4.69, 9.17) is 16.7 Å². The van der Waals surface area contributed by atoms with Crippen LogP contribution in [0.4, 0.5) is 5.69 Å². The number of benzene rings is 2. The van der Waals surface area contributed by atoms with Crippen LogP contribution in [-0.4, -0.2) is 50.0 Å². The lowest BCUT2D eigenvalue weighted by atomic mass is 10.1. The minimum absolute atomic E-state index is 0.148. The zero-order valence-electron chi connectivity index (χ0n) is 14.9. The van der Waals surface area contributed by atoms with Crippen molar-refractivity contribution in [3.05, 3.63) is 58.6 Å². The third kappa shape index (κ3) is 4.61. The highest BCUT2D eigenvalue weighted by atomic mass is 35.5. The highest BCUT2D eigenvalue weighted by molar-refractivity contribution is 7.89. The van der Waals surface area contributed by atoms with Crippen molar-refractivity contribution >= 4 is 33.3 Å². The van der Waals surface area contributed by atoms with Crippen molar-refractivity contribution in [2.24, 2.45) is 0 Å². The van der Waals surface area contributed by atoms with Crippen molar-refractivity contribution in [2.45, 2.75) is 18.2 Å². The van der Waals surface area contributed by atoms with Gasteiger partial charge in [-0.05, 0) is 48.4 Å². The second-order valence-electron chi connectivity index (χ2n) is 6.60. The summed E-state index contributed by atoms with van der Waals surface area (Å²) in [6, 6.07) is 12.2. The molecule has 1 aliphatic rings. The number of aryl methyl sites for hydroxylation is 1. The van der Waals surface area contributed by atoms with Crippen molar-refractivity contribution in [2.75, 3.05) is 31.1 Å². The summed E-state index contributed by atoms with van der Waals surface area (Å²) in [4.78, 5) is 13.2. The summed E-state index contributed by atoms with van der Waals surface area (Å²) < 4.78 is 27.5. The molecule has 2 aromatic carbocycles. The molecule has 0 aromatic heterocycles. The number of nitrogens with zero attached hydrogens (tertiary/aromatic N) is 2. The second-order valence-corrected chi connectivity index (χ2v) is 8.97. The standard InChI is InChI=1S/C19H21ClN2O4S/c1-14-9-15(12-19(23)24)11-18(10-14)27(25,26)22-7-5-21(6-8-22)17-4-2-3-16(20)13-17/h2-4,9-11,13H,5-8,12H2,1H3,(H,23,24). The molecule has 0 unspecified atom stereocenters. The number of carboxylic acid groups (broad SMARTS) is 1. The van der Waals surface area contributed by atoms with Crippen molar-refractivity contribution in [1.82, 2.24) is 4.31 Å². The SMILES string of the molecule is Cc1cc(CC(=O)O)cc(S(=O)(=O)N2CCN(c3cccc(Cl)c3)CC2)c1. The summed E-state index contributed by atoms with van der Waals surface area (Å²) in [6.45, 7) is 3.61. The Labute approximate surface area is 164 Å². The Hall–Kier alpha value is -2.09. The van der Waals surface area contributed by atoms with Crippen LogP contribution in [0.2, 0.25) is 5.02 Å². The van der Waals surface area contributed by atoms with E-state index in [1.54, 1.807) is 25.1 Å². The van der Waals surface area contributed by atoms with Gasteiger partial charge < -0.3 is 10.0 Å².